The summed E-state index contributed by atoms with van der Waals surface area (Å²) in [5.74, 6) is 0. The predicted octanol–water partition coefficient (Wildman–Crippen LogP) is -1.38. The first kappa shape index (κ1) is 10.7. The van der Waals surface area contributed by atoms with Gasteiger partial charge in [0.25, 0.3) is 22.0 Å². The fourth-order valence-corrected chi connectivity index (χ4v) is 0.671. The Balaban J connectivity index is 4.21. The van der Waals surface area contributed by atoms with Crippen molar-refractivity contribution in [2.45, 2.75) is 6.29 Å². The Kier molecular flexibility index (Phi) is 3.78. The van der Waals surface area contributed by atoms with Gasteiger partial charge in [-0.1, -0.05) is 0 Å². The maximum atomic E-state index is 11.7. The van der Waals surface area contributed by atoms with Crippen LogP contribution in [0.25, 0.3) is 0 Å². The van der Waals surface area contributed by atoms with Crippen molar-refractivity contribution < 1.29 is 34.0 Å². The molecule has 6 nitrogen and oxygen atoms in total. The third kappa shape index (κ3) is 6.09. The number of hydrogen-bond acceptors (Lipinski definition) is 6. The van der Waals surface area contributed by atoms with Crippen molar-refractivity contribution in [3.63, 3.8) is 0 Å². The highest BCUT2D eigenvalue weighted by Gasteiger charge is 2.35. The zero-order valence-corrected chi connectivity index (χ0v) is 6.39. The van der Waals surface area contributed by atoms with E-state index in [2.05, 4.69) is 8.37 Å². The molecule has 0 aromatic rings. The highest BCUT2D eigenvalue weighted by molar-refractivity contribution is 7.67. The third-order valence-corrected chi connectivity index (χ3v) is 1.08. The summed E-state index contributed by atoms with van der Waals surface area (Å²) in [5.41, 5.74) is 0. The topological polar surface area (TPSA) is 86.7 Å². The van der Waals surface area contributed by atoms with Gasteiger partial charge in [-0.15, -0.1) is 8.78 Å². The normalized spacial score (nSPS) is 12.7. The molecular weight excluding hydrogens is 210 g/mol. The maximum absolute atomic E-state index is 11.7. The second-order valence-corrected chi connectivity index (χ2v) is 2.35. The lowest BCUT2D eigenvalue weighted by Crippen LogP contribution is -2.23. The zero-order valence-electron chi connectivity index (χ0n) is 4.60. The molecule has 0 saturated heterocycles. The van der Waals surface area contributed by atoms with E-state index in [1.54, 1.807) is 0 Å². The molecule has 0 aromatic carbocycles. The van der Waals surface area contributed by atoms with Gasteiger partial charge in [-0.25, -0.2) is 16.8 Å². The van der Waals surface area contributed by atoms with Crippen LogP contribution < -0.4 is 0 Å². The van der Waals surface area contributed by atoms with Gasteiger partial charge in [-0.05, 0) is 0 Å². The van der Waals surface area contributed by atoms with Crippen molar-refractivity contribution in [3.05, 3.63) is 0 Å². The molecule has 0 aromatic heterocycles. The second-order valence-electron chi connectivity index (χ2n) is 1.09. The molecule has 0 saturated carbocycles. The second kappa shape index (κ2) is 3.90. The maximum Gasteiger partial charge on any atom is 0.514 e. The smallest absolute Gasteiger partial charge is 0.202 e. The number of rotatable bonds is 4. The Morgan fingerprint density at radius 1 is 0.909 bits per heavy atom. The van der Waals surface area contributed by atoms with Gasteiger partial charge < -0.3 is 0 Å². The summed E-state index contributed by atoms with van der Waals surface area (Å²) in [7, 11) is -7.72. The molecule has 0 N–H and O–H groups in total. The molecule has 10 heteroatoms. The van der Waals surface area contributed by atoms with E-state index in [-0.39, 0.29) is 0 Å². The Morgan fingerprint density at radius 3 is 1.36 bits per heavy atom. The minimum Gasteiger partial charge on any atom is -0.202 e. The lowest BCUT2D eigenvalue weighted by Gasteiger charge is -2.05. The van der Waals surface area contributed by atoms with Crippen molar-refractivity contribution in [2.75, 3.05) is 0 Å². The standard InChI is InChI=1S/CH2F2O6S2/c2-1(3,8-10(4)5)9-11(6)7/h10-11H. The average molecular weight is 212 g/mol. The average Bonchev–Trinajstić information content (AvgIpc) is 1.53. The Labute approximate surface area is 63.0 Å². The van der Waals surface area contributed by atoms with Gasteiger partial charge in [0, 0.05) is 0 Å². The van der Waals surface area contributed by atoms with Crippen LogP contribution in [0.15, 0.2) is 0 Å². The quantitative estimate of drug-likeness (QED) is 0.441. The number of alkyl halides is 2. The van der Waals surface area contributed by atoms with Crippen LogP contribution in [0.3, 0.4) is 0 Å². The van der Waals surface area contributed by atoms with Crippen LogP contribution in [-0.4, -0.2) is 23.1 Å². The molecule has 0 fully saturated rings. The summed E-state index contributed by atoms with van der Waals surface area (Å²) in [5, 5.41) is 0. The van der Waals surface area contributed by atoms with Crippen molar-refractivity contribution in [2.24, 2.45) is 0 Å². The van der Waals surface area contributed by atoms with Gasteiger partial charge in [-0.3, -0.25) is 0 Å². The van der Waals surface area contributed by atoms with E-state index in [0.717, 1.165) is 0 Å². The summed E-state index contributed by atoms with van der Waals surface area (Å²) < 4.78 is 66.8. The molecule has 0 spiro atoms. The van der Waals surface area contributed by atoms with Crippen molar-refractivity contribution >= 4 is 22.0 Å². The minimum atomic E-state index is -4.65. The Bertz CT molecular complexity index is 222. The molecule has 0 aliphatic heterocycles. The first-order valence-corrected chi connectivity index (χ1v) is 4.07. The molecular formula is CH2F2O6S2. The molecule has 0 bridgehead atoms. The number of halogens is 2. The van der Waals surface area contributed by atoms with Crippen LogP contribution in [0, 0.1) is 0 Å². The molecule has 0 aliphatic carbocycles. The highest BCUT2D eigenvalue weighted by Crippen LogP contribution is 2.16. The molecule has 0 amide bonds. The Morgan fingerprint density at radius 2 is 1.18 bits per heavy atom. The fraction of sp³-hybridized carbons (Fsp3) is 1.00. The van der Waals surface area contributed by atoms with E-state index in [1.807, 2.05) is 0 Å². The summed E-state index contributed by atoms with van der Waals surface area (Å²) in [6, 6.07) is 0. The highest BCUT2D eigenvalue weighted by atomic mass is 32.2. The SMILES string of the molecule is O=[SH](=O)OC(F)(F)O[SH](=O)=O. The fourth-order valence-electron chi connectivity index (χ4n) is 0.190. The lowest BCUT2D eigenvalue weighted by atomic mass is 11.3. The summed E-state index contributed by atoms with van der Waals surface area (Å²) in [6.45, 7) is 0. The van der Waals surface area contributed by atoms with Crippen molar-refractivity contribution in [1.29, 1.82) is 0 Å². The molecule has 0 aliphatic rings. The van der Waals surface area contributed by atoms with Crippen LogP contribution in [0.4, 0.5) is 8.78 Å². The minimum absolute atomic E-state index is 2.76. The Hall–Kier alpha value is -0.320. The first-order chi connectivity index (χ1) is 4.83. The molecule has 11 heavy (non-hydrogen) atoms. The van der Waals surface area contributed by atoms with E-state index in [1.165, 1.54) is 0 Å². The van der Waals surface area contributed by atoms with E-state index >= 15 is 0 Å². The monoisotopic (exact) mass is 212 g/mol. The third-order valence-electron chi connectivity index (χ3n) is 0.362. The molecule has 0 rings (SSSR count). The summed E-state index contributed by atoms with van der Waals surface area (Å²) >= 11 is 0. The van der Waals surface area contributed by atoms with Crippen molar-refractivity contribution in [3.8, 4) is 0 Å². The van der Waals surface area contributed by atoms with E-state index < -0.39 is 28.3 Å². The molecule has 0 unspecified atom stereocenters. The van der Waals surface area contributed by atoms with Gasteiger partial charge in [0.2, 0.25) is 0 Å². The number of thiol groups is 2. The lowest BCUT2D eigenvalue weighted by molar-refractivity contribution is -0.300. The van der Waals surface area contributed by atoms with Gasteiger partial charge in [0.15, 0.2) is 0 Å². The largest absolute Gasteiger partial charge is 0.514 e. The molecule has 0 atom stereocenters. The van der Waals surface area contributed by atoms with E-state index in [0.29, 0.717) is 0 Å². The summed E-state index contributed by atoms with van der Waals surface area (Å²) in [4.78, 5) is 0. The van der Waals surface area contributed by atoms with Gasteiger partial charge in [0.05, 0.1) is 0 Å². The van der Waals surface area contributed by atoms with Gasteiger partial charge >= 0.3 is 6.29 Å². The van der Waals surface area contributed by atoms with Crippen LogP contribution >= 0.6 is 0 Å². The van der Waals surface area contributed by atoms with Crippen LogP contribution in [0.2, 0.25) is 0 Å². The number of hydrogen-bond donors (Lipinski definition) is 2. The van der Waals surface area contributed by atoms with Gasteiger partial charge in [0.1, 0.15) is 0 Å². The van der Waals surface area contributed by atoms with Crippen LogP contribution in [0.1, 0.15) is 0 Å². The molecule has 0 heterocycles. The van der Waals surface area contributed by atoms with E-state index in [4.69, 9.17) is 0 Å². The predicted molar refractivity (Wildman–Crippen MR) is 27.7 cm³/mol. The zero-order chi connectivity index (χ0) is 9.07. The summed E-state index contributed by atoms with van der Waals surface area (Å²) in [6.07, 6.45) is -4.65. The molecule has 0 radical (unpaired) electrons. The van der Waals surface area contributed by atoms with Crippen LogP contribution in [0.5, 0.6) is 0 Å². The first-order valence-electron chi connectivity index (χ1n) is 1.88. The van der Waals surface area contributed by atoms with E-state index in [9.17, 15) is 25.6 Å². The van der Waals surface area contributed by atoms with Crippen LogP contribution in [-0.2, 0) is 30.3 Å². The molecule has 68 valence electrons. The van der Waals surface area contributed by atoms with Crippen molar-refractivity contribution in [1.82, 2.24) is 0 Å². The van der Waals surface area contributed by atoms with Gasteiger partial charge in [-0.2, -0.15) is 8.37 Å².